The van der Waals surface area contributed by atoms with Crippen molar-refractivity contribution in [1.82, 2.24) is 0 Å². The maximum absolute atomic E-state index is 2.89. The molecule has 2 heteroatoms. The summed E-state index contributed by atoms with van der Waals surface area (Å²) in [6, 6.07) is 44.6. The zero-order valence-electron chi connectivity index (χ0n) is 17.4. The fourth-order valence-electron chi connectivity index (χ4n) is 4.44. The third-order valence-electron chi connectivity index (χ3n) is 6.23. The predicted molar refractivity (Wildman–Crippen MR) is 144 cm³/mol. The predicted octanol–water partition coefficient (Wildman–Crippen LogP) is 7.06. The SMILES string of the molecule is CC(CCP(I)(c1ccccc1)(c1ccccc1)c1ccccc1)c1ccccc1. The van der Waals surface area contributed by atoms with Gasteiger partial charge in [-0.3, -0.25) is 0 Å². The third kappa shape index (κ3) is 3.86. The maximum atomic E-state index is 2.89. The van der Waals surface area contributed by atoms with E-state index in [2.05, 4.69) is 150 Å². The molecule has 0 heterocycles. The molecule has 1 unspecified atom stereocenters. The summed E-state index contributed by atoms with van der Waals surface area (Å²) >= 11 is 2.89. The summed E-state index contributed by atoms with van der Waals surface area (Å²) in [6.45, 7) is 2.37. The van der Waals surface area contributed by atoms with Crippen molar-refractivity contribution in [2.75, 3.05) is 6.16 Å². The van der Waals surface area contributed by atoms with E-state index >= 15 is 0 Å². The van der Waals surface area contributed by atoms with Gasteiger partial charge in [-0.1, -0.05) is 0 Å². The van der Waals surface area contributed by atoms with Gasteiger partial charge in [0.25, 0.3) is 0 Å². The van der Waals surface area contributed by atoms with Crippen LogP contribution in [0.2, 0.25) is 0 Å². The molecular formula is C28H28IP. The first-order valence-corrected chi connectivity index (χ1v) is 15.8. The Kier molecular flexibility index (Phi) is 6.41. The monoisotopic (exact) mass is 522 g/mol. The van der Waals surface area contributed by atoms with E-state index in [4.69, 9.17) is 0 Å². The van der Waals surface area contributed by atoms with Gasteiger partial charge in [0.05, 0.1) is 0 Å². The topological polar surface area (TPSA) is 0 Å². The zero-order chi connectivity index (χ0) is 20.9. The Morgan fingerprint density at radius 3 is 1.27 bits per heavy atom. The van der Waals surface area contributed by atoms with E-state index in [1.54, 1.807) is 0 Å². The molecule has 0 saturated carbocycles. The molecule has 1 atom stereocenters. The van der Waals surface area contributed by atoms with Gasteiger partial charge in [0.1, 0.15) is 0 Å². The molecule has 4 rings (SSSR count). The normalized spacial score (nSPS) is 13.9. The molecule has 0 bridgehead atoms. The summed E-state index contributed by atoms with van der Waals surface area (Å²) in [5.41, 5.74) is 1.42. The van der Waals surface area contributed by atoms with Crippen LogP contribution in [0.1, 0.15) is 24.8 Å². The first kappa shape index (κ1) is 21.3. The number of halogens is 1. The summed E-state index contributed by atoms with van der Waals surface area (Å²) < 4.78 is -2.66. The minimum atomic E-state index is -2.66. The molecule has 0 aliphatic rings. The van der Waals surface area contributed by atoms with E-state index < -0.39 is 4.25 Å². The first-order valence-electron chi connectivity index (χ1n) is 10.6. The molecule has 0 nitrogen and oxygen atoms in total. The van der Waals surface area contributed by atoms with Crippen molar-refractivity contribution in [3.8, 4) is 0 Å². The molecule has 0 radical (unpaired) electrons. The first-order chi connectivity index (χ1) is 14.6. The Morgan fingerprint density at radius 2 is 0.900 bits per heavy atom. The van der Waals surface area contributed by atoms with Crippen LogP contribution in [-0.2, 0) is 0 Å². The van der Waals surface area contributed by atoms with E-state index in [-0.39, 0.29) is 0 Å². The Labute approximate surface area is 193 Å². The van der Waals surface area contributed by atoms with Gasteiger partial charge in [0.2, 0.25) is 0 Å². The van der Waals surface area contributed by atoms with Gasteiger partial charge < -0.3 is 0 Å². The van der Waals surface area contributed by atoms with Crippen LogP contribution in [0.25, 0.3) is 0 Å². The van der Waals surface area contributed by atoms with Crippen LogP contribution < -0.4 is 15.9 Å². The van der Waals surface area contributed by atoms with Crippen LogP contribution in [0.5, 0.6) is 0 Å². The van der Waals surface area contributed by atoms with Gasteiger partial charge in [-0.2, -0.15) is 0 Å². The number of hydrogen-bond acceptors (Lipinski definition) is 0. The van der Waals surface area contributed by atoms with Gasteiger partial charge in [0.15, 0.2) is 0 Å². The second kappa shape index (κ2) is 9.04. The van der Waals surface area contributed by atoms with Crippen molar-refractivity contribution in [3.63, 3.8) is 0 Å². The number of hydrogen-bond donors (Lipinski definition) is 0. The molecule has 0 aromatic heterocycles. The van der Waals surface area contributed by atoms with Gasteiger partial charge in [-0.25, -0.2) is 0 Å². The molecule has 152 valence electrons. The van der Waals surface area contributed by atoms with E-state index in [1.165, 1.54) is 21.5 Å². The molecule has 0 aliphatic heterocycles. The standard InChI is InChI=1S/C28H28IP/c1-24(25-14-6-2-7-15-25)22-23-30(29,26-16-8-3-9-17-26,27-18-10-4-11-19-27)28-20-12-5-13-21-28/h2-21,24H,22-23H2,1H3. The molecule has 0 saturated heterocycles. The van der Waals surface area contributed by atoms with Gasteiger partial charge >= 0.3 is 195 Å². The molecule has 4 aromatic rings. The van der Waals surface area contributed by atoms with Crippen LogP contribution in [0, 0.1) is 0 Å². The van der Waals surface area contributed by atoms with E-state index in [1.807, 2.05) is 0 Å². The fourth-order valence-corrected chi connectivity index (χ4v) is 13.1. The van der Waals surface area contributed by atoms with E-state index in [0.717, 1.165) is 12.6 Å². The minimum absolute atomic E-state index is 0.513. The summed E-state index contributed by atoms with van der Waals surface area (Å²) in [7, 11) is 0. The molecule has 30 heavy (non-hydrogen) atoms. The van der Waals surface area contributed by atoms with Gasteiger partial charge in [-0.15, -0.1) is 0 Å². The molecule has 0 spiro atoms. The number of benzene rings is 4. The third-order valence-corrected chi connectivity index (χ3v) is 17.9. The molecular weight excluding hydrogens is 494 g/mol. The van der Waals surface area contributed by atoms with Gasteiger partial charge in [0, 0.05) is 0 Å². The van der Waals surface area contributed by atoms with Crippen molar-refractivity contribution < 1.29 is 0 Å². The Morgan fingerprint density at radius 1 is 0.567 bits per heavy atom. The summed E-state index contributed by atoms with van der Waals surface area (Å²) in [6.07, 6.45) is 2.28. The van der Waals surface area contributed by atoms with Crippen molar-refractivity contribution in [3.05, 3.63) is 127 Å². The number of rotatable bonds is 7. The zero-order valence-corrected chi connectivity index (χ0v) is 20.4. The van der Waals surface area contributed by atoms with Crippen molar-refractivity contribution in [2.24, 2.45) is 0 Å². The van der Waals surface area contributed by atoms with Crippen LogP contribution in [-0.4, -0.2) is 6.16 Å². The quantitative estimate of drug-likeness (QED) is 0.180. The Hall–Kier alpha value is -1.96. The van der Waals surface area contributed by atoms with Crippen molar-refractivity contribution >= 4 is 42.2 Å². The fraction of sp³-hybridized carbons (Fsp3) is 0.143. The molecule has 0 amide bonds. The summed E-state index contributed by atoms with van der Waals surface area (Å²) in [5.74, 6) is 0.513. The van der Waals surface area contributed by atoms with Crippen LogP contribution in [0.4, 0.5) is 0 Å². The van der Waals surface area contributed by atoms with Crippen molar-refractivity contribution in [2.45, 2.75) is 19.3 Å². The second-order valence-electron chi connectivity index (χ2n) is 8.01. The van der Waals surface area contributed by atoms with E-state index in [0.29, 0.717) is 5.92 Å². The average molecular weight is 522 g/mol. The van der Waals surface area contributed by atoms with Crippen LogP contribution in [0.15, 0.2) is 121 Å². The summed E-state index contributed by atoms with van der Waals surface area (Å²) in [4.78, 5) is 0. The molecule has 0 N–H and O–H groups in total. The van der Waals surface area contributed by atoms with Crippen molar-refractivity contribution in [1.29, 1.82) is 0 Å². The summed E-state index contributed by atoms with van der Waals surface area (Å²) in [5, 5.41) is 4.38. The van der Waals surface area contributed by atoms with Gasteiger partial charge in [-0.05, 0) is 0 Å². The second-order valence-corrected chi connectivity index (χ2v) is 18.8. The van der Waals surface area contributed by atoms with Crippen LogP contribution in [0.3, 0.4) is 0 Å². The van der Waals surface area contributed by atoms with E-state index in [9.17, 15) is 0 Å². The molecule has 0 aliphatic carbocycles. The molecule has 4 aromatic carbocycles. The molecule has 0 fully saturated rings. The average Bonchev–Trinajstić information content (AvgIpc) is 2.85. The Balaban J connectivity index is 1.90. The Bertz CT molecular complexity index is 963. The van der Waals surface area contributed by atoms with Crippen LogP contribution >= 0.6 is 26.3 Å².